The Kier molecular flexibility index (Phi) is 6.23. The van der Waals surface area contributed by atoms with Crippen LogP contribution in [0.4, 0.5) is 0 Å². The van der Waals surface area contributed by atoms with E-state index in [0.29, 0.717) is 18.2 Å². The summed E-state index contributed by atoms with van der Waals surface area (Å²) in [5.41, 5.74) is 2.25. The van der Waals surface area contributed by atoms with Crippen molar-refractivity contribution in [1.29, 1.82) is 0 Å². The lowest BCUT2D eigenvalue weighted by Gasteiger charge is -2.31. The van der Waals surface area contributed by atoms with Gasteiger partial charge in [0.2, 0.25) is 5.91 Å². The van der Waals surface area contributed by atoms with E-state index in [1.807, 2.05) is 36.1 Å². The van der Waals surface area contributed by atoms with Crippen LogP contribution in [0.2, 0.25) is 0 Å². The van der Waals surface area contributed by atoms with E-state index in [-0.39, 0.29) is 5.91 Å². The second kappa shape index (κ2) is 9.42. The van der Waals surface area contributed by atoms with E-state index in [1.54, 1.807) is 11.3 Å². The number of fused-ring (bicyclic) bond motifs is 1. The van der Waals surface area contributed by atoms with Crippen LogP contribution in [0.1, 0.15) is 35.2 Å². The highest BCUT2D eigenvalue weighted by atomic mass is 32.2. The number of likely N-dealkylation sites (tertiary alicyclic amines) is 1. The van der Waals surface area contributed by atoms with Crippen molar-refractivity contribution in [2.45, 2.75) is 37.4 Å². The zero-order valence-electron chi connectivity index (χ0n) is 18.0. The zero-order valence-corrected chi connectivity index (χ0v) is 19.6. The molecule has 0 bridgehead atoms. The van der Waals surface area contributed by atoms with Gasteiger partial charge in [-0.05, 0) is 37.5 Å². The summed E-state index contributed by atoms with van der Waals surface area (Å²) in [4.78, 5) is 19.9. The number of para-hydroxylation sites is 1. The molecule has 1 aliphatic rings. The molecule has 3 heterocycles. The standard InChI is InChI=1S/C24H25N5OS2/c1-17-26-27-24(29(17)14-18-8-3-2-4-9-18)31-16-22(30)28-13-7-10-19(15-28)23-25-20-11-5-6-12-21(20)32-23/h2-6,8-9,11-12,19H,7,10,13-16H2,1H3. The number of piperidine rings is 1. The molecule has 0 radical (unpaired) electrons. The van der Waals surface area contributed by atoms with Crippen LogP contribution < -0.4 is 0 Å². The molecule has 2 aromatic heterocycles. The minimum atomic E-state index is 0.160. The molecule has 5 rings (SSSR count). The molecule has 1 fully saturated rings. The number of benzene rings is 2. The third-order valence-corrected chi connectivity index (χ3v) is 7.99. The average molecular weight is 464 g/mol. The van der Waals surface area contributed by atoms with E-state index in [1.165, 1.54) is 22.0 Å². The van der Waals surface area contributed by atoms with Gasteiger partial charge in [0.15, 0.2) is 5.16 Å². The Hall–Kier alpha value is -2.71. The summed E-state index contributed by atoms with van der Waals surface area (Å²) in [5, 5.41) is 10.5. The van der Waals surface area contributed by atoms with Gasteiger partial charge in [-0.25, -0.2) is 4.98 Å². The van der Waals surface area contributed by atoms with Crippen LogP contribution in [-0.2, 0) is 11.3 Å². The number of carbonyl (C=O) groups is 1. The summed E-state index contributed by atoms with van der Waals surface area (Å²) in [7, 11) is 0. The summed E-state index contributed by atoms with van der Waals surface area (Å²) in [6.45, 7) is 4.22. The maximum Gasteiger partial charge on any atom is 0.233 e. The van der Waals surface area contributed by atoms with Crippen LogP contribution in [0.15, 0.2) is 59.8 Å². The van der Waals surface area contributed by atoms with Crippen LogP contribution in [0, 0.1) is 6.92 Å². The fraction of sp³-hybridized carbons (Fsp3) is 0.333. The van der Waals surface area contributed by atoms with E-state index in [0.717, 1.165) is 47.4 Å². The molecule has 1 saturated heterocycles. The molecule has 32 heavy (non-hydrogen) atoms. The minimum Gasteiger partial charge on any atom is -0.341 e. The molecule has 1 atom stereocenters. The highest BCUT2D eigenvalue weighted by Crippen LogP contribution is 2.33. The first-order valence-electron chi connectivity index (χ1n) is 10.9. The zero-order chi connectivity index (χ0) is 21.9. The van der Waals surface area contributed by atoms with Gasteiger partial charge in [-0.1, -0.05) is 54.2 Å². The van der Waals surface area contributed by atoms with E-state index in [9.17, 15) is 4.79 Å². The number of hydrogen-bond acceptors (Lipinski definition) is 6. The third kappa shape index (κ3) is 4.56. The molecule has 2 aromatic carbocycles. The van der Waals surface area contributed by atoms with E-state index in [4.69, 9.17) is 4.98 Å². The van der Waals surface area contributed by atoms with Crippen molar-refractivity contribution >= 4 is 39.2 Å². The Labute approximate surface area is 195 Å². The largest absolute Gasteiger partial charge is 0.341 e. The monoisotopic (exact) mass is 463 g/mol. The molecule has 0 aliphatic carbocycles. The van der Waals surface area contributed by atoms with Gasteiger partial charge in [-0.3, -0.25) is 4.79 Å². The number of thioether (sulfide) groups is 1. The second-order valence-electron chi connectivity index (χ2n) is 8.09. The Morgan fingerprint density at radius 1 is 1.12 bits per heavy atom. The smallest absolute Gasteiger partial charge is 0.233 e. The van der Waals surface area contributed by atoms with Crippen molar-refractivity contribution in [3.8, 4) is 0 Å². The number of amides is 1. The van der Waals surface area contributed by atoms with Crippen LogP contribution in [0.25, 0.3) is 10.2 Å². The molecule has 8 heteroatoms. The molecule has 6 nitrogen and oxygen atoms in total. The van der Waals surface area contributed by atoms with E-state index < -0.39 is 0 Å². The first-order chi connectivity index (χ1) is 15.7. The van der Waals surface area contributed by atoms with Gasteiger partial charge < -0.3 is 9.47 Å². The predicted octanol–water partition coefficient (Wildman–Crippen LogP) is 4.74. The van der Waals surface area contributed by atoms with Gasteiger partial charge in [-0.15, -0.1) is 21.5 Å². The van der Waals surface area contributed by atoms with Gasteiger partial charge in [0.25, 0.3) is 0 Å². The second-order valence-corrected chi connectivity index (χ2v) is 10.1. The number of rotatable bonds is 6. The lowest BCUT2D eigenvalue weighted by Crippen LogP contribution is -2.40. The van der Waals surface area contributed by atoms with Crippen molar-refractivity contribution in [2.75, 3.05) is 18.8 Å². The van der Waals surface area contributed by atoms with Crippen LogP contribution in [0.5, 0.6) is 0 Å². The molecular weight excluding hydrogens is 438 g/mol. The Morgan fingerprint density at radius 2 is 1.94 bits per heavy atom. The fourth-order valence-corrected chi connectivity index (χ4v) is 6.08. The predicted molar refractivity (Wildman–Crippen MR) is 129 cm³/mol. The molecule has 0 spiro atoms. The van der Waals surface area contributed by atoms with Gasteiger partial charge in [0, 0.05) is 19.0 Å². The van der Waals surface area contributed by atoms with Gasteiger partial charge in [0.1, 0.15) is 5.82 Å². The van der Waals surface area contributed by atoms with Crippen molar-refractivity contribution in [2.24, 2.45) is 0 Å². The lowest BCUT2D eigenvalue weighted by atomic mass is 9.99. The van der Waals surface area contributed by atoms with Gasteiger partial charge in [0.05, 0.1) is 27.5 Å². The van der Waals surface area contributed by atoms with E-state index in [2.05, 4.69) is 45.1 Å². The van der Waals surface area contributed by atoms with Crippen LogP contribution in [0.3, 0.4) is 0 Å². The molecule has 164 valence electrons. The summed E-state index contributed by atoms with van der Waals surface area (Å²) < 4.78 is 3.29. The number of nitrogens with zero attached hydrogens (tertiary/aromatic N) is 5. The van der Waals surface area contributed by atoms with Crippen molar-refractivity contribution in [1.82, 2.24) is 24.6 Å². The molecule has 0 saturated carbocycles. The highest BCUT2D eigenvalue weighted by Gasteiger charge is 2.27. The molecule has 0 N–H and O–H groups in total. The van der Waals surface area contributed by atoms with E-state index >= 15 is 0 Å². The normalized spacial score (nSPS) is 16.5. The van der Waals surface area contributed by atoms with Gasteiger partial charge >= 0.3 is 0 Å². The molecule has 4 aromatic rings. The van der Waals surface area contributed by atoms with Gasteiger partial charge in [-0.2, -0.15) is 0 Å². The first kappa shape index (κ1) is 21.2. The average Bonchev–Trinajstić information content (AvgIpc) is 3.42. The number of aryl methyl sites for hydroxylation is 1. The number of hydrogen-bond donors (Lipinski definition) is 0. The fourth-order valence-electron chi connectivity index (χ4n) is 4.10. The summed E-state index contributed by atoms with van der Waals surface area (Å²) >= 11 is 3.23. The van der Waals surface area contributed by atoms with Crippen molar-refractivity contribution in [3.63, 3.8) is 0 Å². The summed E-state index contributed by atoms with van der Waals surface area (Å²) in [6.07, 6.45) is 2.10. The Bertz CT molecular complexity index is 1190. The molecule has 1 unspecified atom stereocenters. The molecular formula is C24H25N5OS2. The molecule has 1 aliphatic heterocycles. The number of thiazole rings is 1. The number of aromatic nitrogens is 4. The van der Waals surface area contributed by atoms with Crippen LogP contribution in [-0.4, -0.2) is 49.4 Å². The van der Waals surface area contributed by atoms with Crippen LogP contribution >= 0.6 is 23.1 Å². The minimum absolute atomic E-state index is 0.160. The number of carbonyl (C=O) groups excluding carboxylic acids is 1. The quantitative estimate of drug-likeness (QED) is 0.386. The Balaban J connectivity index is 1.23. The Morgan fingerprint density at radius 3 is 2.78 bits per heavy atom. The topological polar surface area (TPSA) is 63.9 Å². The summed E-state index contributed by atoms with van der Waals surface area (Å²) in [6, 6.07) is 18.5. The SMILES string of the molecule is Cc1nnc(SCC(=O)N2CCCC(c3nc4ccccc4s3)C2)n1Cc1ccccc1. The summed E-state index contributed by atoms with van der Waals surface area (Å²) in [5.74, 6) is 1.71. The lowest BCUT2D eigenvalue weighted by molar-refractivity contribution is -0.129. The third-order valence-electron chi connectivity index (χ3n) is 5.84. The van der Waals surface area contributed by atoms with Crippen molar-refractivity contribution < 1.29 is 4.79 Å². The highest BCUT2D eigenvalue weighted by molar-refractivity contribution is 7.99. The maximum absolute atomic E-state index is 13.0. The molecule has 1 amide bonds. The first-order valence-corrected chi connectivity index (χ1v) is 12.7. The van der Waals surface area contributed by atoms with Crippen molar-refractivity contribution in [3.05, 3.63) is 71.0 Å². The maximum atomic E-state index is 13.0.